The fraction of sp³-hybridized carbons (Fsp3) is 0.571. The summed E-state index contributed by atoms with van der Waals surface area (Å²) < 4.78 is 0. The average Bonchev–Trinajstić information content (AvgIpc) is 2.71. The van der Waals surface area contributed by atoms with E-state index in [1.807, 2.05) is 0 Å². The second-order valence-electron chi connectivity index (χ2n) is 6.95. The lowest BCUT2D eigenvalue weighted by Crippen LogP contribution is -1.79. The highest BCUT2D eigenvalue weighted by atomic mass is 14.0. The molecule has 0 radical (unpaired) electrons. The van der Waals surface area contributed by atoms with E-state index in [-0.39, 0.29) is 0 Å². The lowest BCUT2D eigenvalue weighted by atomic mass is 10.1. The quantitative estimate of drug-likeness (QED) is 0.443. The molecule has 0 nitrogen and oxygen atoms in total. The number of rotatable bonds is 0. The maximum atomic E-state index is 3.12. The second-order valence-corrected chi connectivity index (χ2v) is 6.95. The minimum absolute atomic E-state index is 0.940. The molecule has 1 rings (SSSR count). The Morgan fingerprint density at radius 1 is 0.214 bits per heavy atom. The first-order chi connectivity index (χ1) is 14.0. The van der Waals surface area contributed by atoms with Gasteiger partial charge in [-0.15, -0.1) is 0 Å². The lowest BCUT2D eigenvalue weighted by molar-refractivity contribution is 0.604. The predicted octanol–water partition coefficient (Wildman–Crippen LogP) is 6.26. The fourth-order valence-corrected chi connectivity index (χ4v) is 2.82. The number of hydrogen-bond donors (Lipinski definition) is 0. The van der Waals surface area contributed by atoms with Crippen LogP contribution < -0.4 is 0 Å². The first-order valence-corrected chi connectivity index (χ1v) is 10.9. The van der Waals surface area contributed by atoms with Gasteiger partial charge in [-0.2, -0.15) is 0 Å². The summed E-state index contributed by atoms with van der Waals surface area (Å²) in [4.78, 5) is 0. The largest absolute Gasteiger partial charge is 0.0891 e. The van der Waals surface area contributed by atoms with Gasteiger partial charge in [-0.3, -0.25) is 0 Å². The van der Waals surface area contributed by atoms with Gasteiger partial charge in [-0.1, -0.05) is 75.0 Å². The Hall–Kier alpha value is -2.64. The van der Waals surface area contributed by atoms with Crippen molar-refractivity contribution in [2.75, 3.05) is 0 Å². The van der Waals surface area contributed by atoms with Crippen LogP contribution >= 0.6 is 0 Å². The van der Waals surface area contributed by atoms with Crippen molar-refractivity contribution in [1.29, 1.82) is 0 Å². The summed E-state index contributed by atoms with van der Waals surface area (Å²) in [6.07, 6.45) is 18.5. The van der Waals surface area contributed by atoms with Gasteiger partial charge in [-0.25, -0.2) is 0 Å². The molecule has 0 spiro atoms. The van der Waals surface area contributed by atoms with E-state index in [0.717, 1.165) is 51.4 Å². The second kappa shape index (κ2) is 20.7. The Bertz CT molecular complexity index is 639. The van der Waals surface area contributed by atoms with Crippen molar-refractivity contribution in [2.45, 2.75) is 103 Å². The highest BCUT2D eigenvalue weighted by Crippen LogP contribution is 2.08. The molecule has 0 saturated carbocycles. The SMILES string of the molecule is C1#CC#CCCCCCCCCC#CC#CC#CCCCCCCCCC#C1. The van der Waals surface area contributed by atoms with Gasteiger partial charge in [0.05, 0.1) is 0 Å². The van der Waals surface area contributed by atoms with E-state index < -0.39 is 0 Å². The van der Waals surface area contributed by atoms with Crippen molar-refractivity contribution in [3.63, 3.8) is 0 Å². The molecule has 0 N–H and O–H groups in total. The van der Waals surface area contributed by atoms with Gasteiger partial charge in [0.15, 0.2) is 0 Å². The molecule has 1 aliphatic rings. The molecule has 0 unspecified atom stereocenters. The molecule has 0 aromatic heterocycles. The van der Waals surface area contributed by atoms with Gasteiger partial charge in [0.25, 0.3) is 0 Å². The van der Waals surface area contributed by atoms with Crippen LogP contribution in [0.5, 0.6) is 0 Å². The Kier molecular flexibility index (Phi) is 17.3. The third kappa shape index (κ3) is 18.2. The zero-order chi connectivity index (χ0) is 19.8. The number of hydrogen-bond acceptors (Lipinski definition) is 0. The van der Waals surface area contributed by atoms with Crippen molar-refractivity contribution in [3.05, 3.63) is 0 Å². The van der Waals surface area contributed by atoms with E-state index in [2.05, 4.69) is 71.0 Å². The van der Waals surface area contributed by atoms with Crippen molar-refractivity contribution >= 4 is 0 Å². The summed E-state index contributed by atoms with van der Waals surface area (Å²) in [5.41, 5.74) is 0. The lowest BCUT2D eigenvalue weighted by Gasteiger charge is -1.97. The molecule has 144 valence electrons. The van der Waals surface area contributed by atoms with Gasteiger partial charge >= 0.3 is 0 Å². The molecule has 0 aromatic rings. The first kappa shape index (κ1) is 23.4. The zero-order valence-electron chi connectivity index (χ0n) is 17.3. The summed E-state index contributed by atoms with van der Waals surface area (Å²) in [6.45, 7) is 0. The van der Waals surface area contributed by atoms with Crippen LogP contribution in [0.2, 0.25) is 0 Å². The monoisotopic (exact) mass is 368 g/mol. The molecular formula is C28H32. The van der Waals surface area contributed by atoms with Gasteiger partial charge in [-0.05, 0) is 73.0 Å². The molecule has 0 aromatic carbocycles. The third-order valence-corrected chi connectivity index (χ3v) is 4.44. The van der Waals surface area contributed by atoms with Crippen molar-refractivity contribution in [2.24, 2.45) is 0 Å². The highest BCUT2D eigenvalue weighted by Gasteiger charge is 1.90. The van der Waals surface area contributed by atoms with Crippen LogP contribution in [0.15, 0.2) is 0 Å². The van der Waals surface area contributed by atoms with Crippen molar-refractivity contribution < 1.29 is 0 Å². The Balaban J connectivity index is 2.33. The molecule has 0 aliphatic heterocycles. The van der Waals surface area contributed by atoms with E-state index in [9.17, 15) is 0 Å². The summed E-state index contributed by atoms with van der Waals surface area (Å²) in [5.74, 6) is 35.5. The zero-order valence-corrected chi connectivity index (χ0v) is 17.3. The normalized spacial score (nSPS) is 17.1. The van der Waals surface area contributed by atoms with Crippen LogP contribution in [-0.2, 0) is 0 Å². The summed E-state index contributed by atoms with van der Waals surface area (Å²) in [6, 6.07) is 0. The molecular weight excluding hydrogens is 336 g/mol. The average molecular weight is 369 g/mol. The van der Waals surface area contributed by atoms with Crippen LogP contribution in [0.1, 0.15) is 103 Å². The Morgan fingerprint density at radius 2 is 0.429 bits per heavy atom. The van der Waals surface area contributed by atoms with Crippen LogP contribution in [0.4, 0.5) is 0 Å². The fourth-order valence-electron chi connectivity index (χ4n) is 2.82. The predicted molar refractivity (Wildman–Crippen MR) is 121 cm³/mol. The van der Waals surface area contributed by atoms with Crippen molar-refractivity contribution in [3.8, 4) is 71.0 Å². The van der Waals surface area contributed by atoms with E-state index in [0.29, 0.717) is 0 Å². The topological polar surface area (TPSA) is 0 Å². The van der Waals surface area contributed by atoms with Crippen LogP contribution in [0.25, 0.3) is 0 Å². The van der Waals surface area contributed by atoms with Gasteiger partial charge in [0, 0.05) is 25.7 Å². The van der Waals surface area contributed by atoms with E-state index in [1.54, 1.807) is 0 Å². The molecule has 0 amide bonds. The molecule has 0 bridgehead atoms. The van der Waals surface area contributed by atoms with Crippen LogP contribution in [0.3, 0.4) is 0 Å². The minimum atomic E-state index is 0.940. The molecule has 28 heavy (non-hydrogen) atoms. The Labute approximate surface area is 174 Å². The molecule has 0 heteroatoms. The third-order valence-electron chi connectivity index (χ3n) is 4.44. The summed E-state index contributed by atoms with van der Waals surface area (Å²) >= 11 is 0. The summed E-state index contributed by atoms with van der Waals surface area (Å²) in [5, 5.41) is 0. The van der Waals surface area contributed by atoms with Gasteiger partial charge in [0.2, 0.25) is 0 Å². The molecule has 1 aliphatic carbocycles. The smallest absolute Gasteiger partial charge is 0.00989 e. The van der Waals surface area contributed by atoms with Crippen molar-refractivity contribution in [1.82, 2.24) is 0 Å². The maximum absolute atomic E-state index is 3.12. The first-order valence-electron chi connectivity index (χ1n) is 10.9. The molecule has 0 atom stereocenters. The van der Waals surface area contributed by atoms with E-state index >= 15 is 0 Å². The van der Waals surface area contributed by atoms with Crippen LogP contribution in [-0.4, -0.2) is 0 Å². The molecule has 0 saturated heterocycles. The van der Waals surface area contributed by atoms with Gasteiger partial charge < -0.3 is 0 Å². The summed E-state index contributed by atoms with van der Waals surface area (Å²) in [7, 11) is 0. The standard InChI is InChI=1S/C28H32/c1-2-4-6-8-10-12-14-16-18-20-22-24-26-28-27-25-23-21-19-17-15-13-11-9-7-5-3-1/h1-8,21-28H2. The van der Waals surface area contributed by atoms with Crippen LogP contribution in [0, 0.1) is 71.0 Å². The minimum Gasteiger partial charge on any atom is -0.0891 e. The Morgan fingerprint density at radius 3 is 0.679 bits per heavy atom. The van der Waals surface area contributed by atoms with E-state index in [4.69, 9.17) is 0 Å². The highest BCUT2D eigenvalue weighted by molar-refractivity contribution is 5.36. The van der Waals surface area contributed by atoms with Gasteiger partial charge in [0.1, 0.15) is 0 Å². The maximum Gasteiger partial charge on any atom is 0.00989 e. The molecule has 0 fully saturated rings. The molecule has 0 heterocycles. The van der Waals surface area contributed by atoms with E-state index in [1.165, 1.54) is 51.4 Å².